The predicted octanol–water partition coefficient (Wildman–Crippen LogP) is 2.94. The Bertz CT molecular complexity index is 523. The van der Waals surface area contributed by atoms with Crippen molar-refractivity contribution in [3.8, 4) is 0 Å². The minimum atomic E-state index is -4.36. The zero-order valence-corrected chi connectivity index (χ0v) is 9.06. The first kappa shape index (κ1) is 10.6. The lowest BCUT2D eigenvalue weighted by Gasteiger charge is -2.10. The summed E-state index contributed by atoms with van der Waals surface area (Å²) in [4.78, 5) is 11.8. The maximum Gasteiger partial charge on any atom is 0.416 e. The number of hydrogen-bond acceptors (Lipinski definition) is 1. The number of anilines is 1. The standard InChI is InChI=1S/C12H10F3NO/c1-6-5-11(6)8-4-7(12(13,14)15)2-3-9(8)16-10(11)17/h2-4,6H,5H2,1H3,(H,16,17). The number of halogens is 3. The predicted molar refractivity (Wildman–Crippen MR) is 55.5 cm³/mol. The monoisotopic (exact) mass is 241 g/mol. The molecule has 1 heterocycles. The van der Waals surface area contributed by atoms with Crippen molar-refractivity contribution in [3.63, 3.8) is 0 Å². The molecule has 17 heavy (non-hydrogen) atoms. The number of hydrogen-bond donors (Lipinski definition) is 1. The quantitative estimate of drug-likeness (QED) is 0.743. The number of carbonyl (C=O) groups is 1. The summed E-state index contributed by atoms with van der Waals surface area (Å²) in [5.74, 6) is -0.0495. The number of benzene rings is 1. The van der Waals surface area contributed by atoms with Gasteiger partial charge in [-0.15, -0.1) is 0 Å². The third-order valence-corrected chi connectivity index (χ3v) is 3.79. The van der Waals surface area contributed by atoms with Crippen LogP contribution in [0.4, 0.5) is 18.9 Å². The van der Waals surface area contributed by atoms with Crippen molar-refractivity contribution in [2.45, 2.75) is 24.9 Å². The molecule has 1 saturated carbocycles. The summed E-state index contributed by atoms with van der Waals surface area (Å²) < 4.78 is 37.9. The summed E-state index contributed by atoms with van der Waals surface area (Å²) >= 11 is 0. The molecule has 2 aliphatic rings. The number of amides is 1. The Morgan fingerprint density at radius 2 is 2.06 bits per heavy atom. The third kappa shape index (κ3) is 1.25. The van der Waals surface area contributed by atoms with Crippen molar-refractivity contribution in [2.75, 3.05) is 5.32 Å². The van der Waals surface area contributed by atoms with Gasteiger partial charge in [-0.05, 0) is 36.1 Å². The molecule has 2 atom stereocenters. The average molecular weight is 241 g/mol. The molecule has 1 spiro atoms. The first-order valence-electron chi connectivity index (χ1n) is 5.39. The first-order chi connectivity index (χ1) is 7.85. The molecule has 1 N–H and O–H groups in total. The molecule has 0 aromatic heterocycles. The van der Waals surface area contributed by atoms with Crippen molar-refractivity contribution in [1.29, 1.82) is 0 Å². The number of rotatable bonds is 0. The van der Waals surface area contributed by atoms with Gasteiger partial charge < -0.3 is 5.32 Å². The molecule has 1 aliphatic carbocycles. The molecule has 1 amide bonds. The van der Waals surface area contributed by atoms with Crippen molar-refractivity contribution in [1.82, 2.24) is 0 Å². The second kappa shape index (κ2) is 2.83. The maximum absolute atomic E-state index is 12.6. The average Bonchev–Trinajstić information content (AvgIpc) is 2.81. The molecule has 3 rings (SSSR count). The summed E-state index contributed by atoms with van der Waals surface area (Å²) in [6.45, 7) is 1.88. The van der Waals surface area contributed by atoms with E-state index >= 15 is 0 Å². The number of nitrogens with one attached hydrogen (secondary N) is 1. The van der Waals surface area contributed by atoms with Crippen LogP contribution >= 0.6 is 0 Å². The van der Waals surface area contributed by atoms with Gasteiger partial charge in [0.05, 0.1) is 11.0 Å². The maximum atomic E-state index is 12.6. The van der Waals surface area contributed by atoms with Crippen molar-refractivity contribution in [3.05, 3.63) is 29.3 Å². The zero-order valence-electron chi connectivity index (χ0n) is 9.06. The smallest absolute Gasteiger partial charge is 0.325 e. The second-order valence-corrected chi connectivity index (χ2v) is 4.79. The van der Waals surface area contributed by atoms with Crippen LogP contribution in [-0.4, -0.2) is 5.91 Å². The van der Waals surface area contributed by atoms with Gasteiger partial charge in [-0.1, -0.05) is 6.92 Å². The van der Waals surface area contributed by atoms with Gasteiger partial charge >= 0.3 is 6.18 Å². The molecule has 2 unspecified atom stereocenters. The summed E-state index contributed by atoms with van der Waals surface area (Å²) in [6.07, 6.45) is -3.73. The van der Waals surface area contributed by atoms with E-state index in [1.54, 1.807) is 0 Å². The molecule has 1 aliphatic heterocycles. The molecule has 0 bridgehead atoms. The molecule has 2 nitrogen and oxygen atoms in total. The normalized spacial score (nSPS) is 30.4. The molecule has 0 radical (unpaired) electrons. The Hall–Kier alpha value is -1.52. The van der Waals surface area contributed by atoms with Crippen molar-refractivity contribution in [2.24, 2.45) is 5.92 Å². The fourth-order valence-electron chi connectivity index (χ4n) is 2.67. The number of fused-ring (bicyclic) bond motifs is 2. The Balaban J connectivity index is 2.14. The van der Waals surface area contributed by atoms with Crippen LogP contribution in [0.25, 0.3) is 0 Å². The van der Waals surface area contributed by atoms with Crippen LogP contribution in [0.1, 0.15) is 24.5 Å². The highest BCUT2D eigenvalue weighted by Gasteiger charge is 2.62. The lowest BCUT2D eigenvalue weighted by Crippen LogP contribution is -2.20. The largest absolute Gasteiger partial charge is 0.416 e. The van der Waals surface area contributed by atoms with E-state index in [9.17, 15) is 18.0 Å². The summed E-state index contributed by atoms with van der Waals surface area (Å²) in [7, 11) is 0. The highest BCUT2D eigenvalue weighted by atomic mass is 19.4. The van der Waals surface area contributed by atoms with Gasteiger partial charge in [0, 0.05) is 5.69 Å². The lowest BCUT2D eigenvalue weighted by atomic mass is 9.93. The Morgan fingerprint density at radius 3 is 2.59 bits per heavy atom. The van der Waals surface area contributed by atoms with Gasteiger partial charge in [0.15, 0.2) is 0 Å². The zero-order chi connectivity index (χ0) is 12.4. The van der Waals surface area contributed by atoms with Crippen LogP contribution in [0, 0.1) is 5.92 Å². The van der Waals surface area contributed by atoms with Gasteiger partial charge in [0.2, 0.25) is 5.91 Å². The van der Waals surface area contributed by atoms with E-state index in [2.05, 4.69) is 5.32 Å². The summed E-state index contributed by atoms with van der Waals surface area (Å²) in [6, 6.07) is 3.46. The lowest BCUT2D eigenvalue weighted by molar-refractivity contribution is -0.137. The van der Waals surface area contributed by atoms with Crippen LogP contribution in [-0.2, 0) is 16.4 Å². The molecular weight excluding hydrogens is 231 g/mol. The van der Waals surface area contributed by atoms with Gasteiger partial charge in [-0.25, -0.2) is 0 Å². The minimum Gasteiger partial charge on any atom is -0.325 e. The van der Waals surface area contributed by atoms with Gasteiger partial charge in [-0.2, -0.15) is 13.2 Å². The highest BCUT2D eigenvalue weighted by molar-refractivity contribution is 6.08. The Morgan fingerprint density at radius 1 is 1.41 bits per heavy atom. The Kier molecular flexibility index (Phi) is 1.77. The minimum absolute atomic E-state index is 0.118. The number of alkyl halides is 3. The summed E-state index contributed by atoms with van der Waals surface area (Å²) in [5, 5.41) is 2.65. The Labute approximate surface area is 95.8 Å². The van der Waals surface area contributed by atoms with E-state index in [-0.39, 0.29) is 11.8 Å². The van der Waals surface area contributed by atoms with Crippen molar-refractivity contribution >= 4 is 11.6 Å². The van der Waals surface area contributed by atoms with E-state index in [1.807, 2.05) is 6.92 Å². The van der Waals surface area contributed by atoms with Crippen LogP contribution in [0.15, 0.2) is 18.2 Å². The van der Waals surface area contributed by atoms with Crippen molar-refractivity contribution < 1.29 is 18.0 Å². The van der Waals surface area contributed by atoms with E-state index in [0.717, 1.165) is 12.1 Å². The fourth-order valence-corrected chi connectivity index (χ4v) is 2.67. The highest BCUT2D eigenvalue weighted by Crippen LogP contribution is 2.60. The first-order valence-corrected chi connectivity index (χ1v) is 5.39. The molecule has 1 aromatic rings. The molecule has 90 valence electrons. The third-order valence-electron chi connectivity index (χ3n) is 3.79. The van der Waals surface area contributed by atoms with Gasteiger partial charge in [0.1, 0.15) is 0 Å². The van der Waals surface area contributed by atoms with E-state index < -0.39 is 17.2 Å². The topological polar surface area (TPSA) is 29.1 Å². The van der Waals surface area contributed by atoms with Gasteiger partial charge in [-0.3, -0.25) is 4.79 Å². The van der Waals surface area contributed by atoms with E-state index in [0.29, 0.717) is 17.7 Å². The molecule has 0 saturated heterocycles. The van der Waals surface area contributed by atoms with E-state index in [1.165, 1.54) is 6.07 Å². The van der Waals surface area contributed by atoms with Crippen LogP contribution in [0.2, 0.25) is 0 Å². The van der Waals surface area contributed by atoms with Crippen LogP contribution in [0.3, 0.4) is 0 Å². The molecular formula is C12H10F3NO. The second-order valence-electron chi connectivity index (χ2n) is 4.79. The van der Waals surface area contributed by atoms with E-state index in [4.69, 9.17) is 0 Å². The SMILES string of the molecule is CC1CC12C(=O)Nc1ccc(C(F)(F)F)cc12. The van der Waals surface area contributed by atoms with Crippen LogP contribution < -0.4 is 5.32 Å². The molecule has 5 heteroatoms. The summed E-state index contributed by atoms with van der Waals surface area (Å²) in [5.41, 5.74) is -0.361. The molecule has 1 aromatic carbocycles. The molecule has 1 fully saturated rings. The van der Waals surface area contributed by atoms with Crippen LogP contribution in [0.5, 0.6) is 0 Å². The van der Waals surface area contributed by atoms with Gasteiger partial charge in [0.25, 0.3) is 0 Å². The number of carbonyl (C=O) groups excluding carboxylic acids is 1. The fraction of sp³-hybridized carbons (Fsp3) is 0.417.